The monoisotopic (exact) mass is 397 g/mol. The molecular formula is C19H19N5O3S. The van der Waals surface area contributed by atoms with Crippen LogP contribution in [0.2, 0.25) is 0 Å². The number of methoxy groups -OCH3 is 1. The molecule has 1 heterocycles. The number of carbonyl (C=O) groups excluding carboxylic acids is 2. The minimum Gasteiger partial charge on any atom is -0.497 e. The Hall–Kier alpha value is -3.33. The highest BCUT2D eigenvalue weighted by molar-refractivity contribution is 7.99. The molecule has 0 unspecified atom stereocenters. The van der Waals surface area contributed by atoms with Gasteiger partial charge in [0.1, 0.15) is 12.1 Å². The van der Waals surface area contributed by atoms with E-state index in [1.165, 1.54) is 11.8 Å². The van der Waals surface area contributed by atoms with Crippen LogP contribution in [-0.2, 0) is 4.79 Å². The minimum absolute atomic E-state index is 0.122. The summed E-state index contributed by atoms with van der Waals surface area (Å²) in [5.41, 5.74) is 1.73. The summed E-state index contributed by atoms with van der Waals surface area (Å²) >= 11 is 1.25. The summed E-state index contributed by atoms with van der Waals surface area (Å²) < 4.78 is 6.95. The largest absolute Gasteiger partial charge is 0.497 e. The Morgan fingerprint density at radius 2 is 1.89 bits per heavy atom. The van der Waals surface area contributed by atoms with Gasteiger partial charge in [0.05, 0.1) is 24.1 Å². The molecule has 0 fully saturated rings. The van der Waals surface area contributed by atoms with Crippen LogP contribution >= 0.6 is 11.8 Å². The lowest BCUT2D eigenvalue weighted by Crippen LogP contribution is -2.22. The Morgan fingerprint density at radius 3 is 2.61 bits per heavy atom. The fourth-order valence-electron chi connectivity index (χ4n) is 2.48. The van der Waals surface area contributed by atoms with E-state index in [0.717, 1.165) is 11.4 Å². The molecule has 2 amide bonds. The van der Waals surface area contributed by atoms with Crippen molar-refractivity contribution in [3.8, 4) is 11.4 Å². The second-order valence-electron chi connectivity index (χ2n) is 5.64. The lowest BCUT2D eigenvalue weighted by molar-refractivity contribution is -0.113. The molecule has 28 heavy (non-hydrogen) atoms. The number of rotatable bonds is 7. The van der Waals surface area contributed by atoms with Crippen LogP contribution in [0.5, 0.6) is 5.75 Å². The number of hydrogen-bond donors (Lipinski definition) is 2. The third-order valence-corrected chi connectivity index (χ3v) is 4.82. The third kappa shape index (κ3) is 4.49. The van der Waals surface area contributed by atoms with E-state index in [4.69, 9.17) is 4.74 Å². The number of nitrogens with one attached hydrogen (secondary N) is 2. The van der Waals surface area contributed by atoms with Crippen molar-refractivity contribution in [2.45, 2.75) is 5.16 Å². The van der Waals surface area contributed by atoms with Gasteiger partial charge in [-0.3, -0.25) is 14.2 Å². The molecule has 9 heteroatoms. The van der Waals surface area contributed by atoms with E-state index in [9.17, 15) is 9.59 Å². The van der Waals surface area contributed by atoms with Crippen LogP contribution in [0.25, 0.3) is 5.69 Å². The van der Waals surface area contributed by atoms with Gasteiger partial charge in [0.25, 0.3) is 5.91 Å². The summed E-state index contributed by atoms with van der Waals surface area (Å²) in [5.74, 6) is 0.366. The van der Waals surface area contributed by atoms with E-state index in [0.29, 0.717) is 16.4 Å². The maximum Gasteiger partial charge on any atom is 0.253 e. The van der Waals surface area contributed by atoms with Crippen molar-refractivity contribution in [2.24, 2.45) is 0 Å². The van der Waals surface area contributed by atoms with Gasteiger partial charge in [-0.25, -0.2) is 0 Å². The molecule has 0 aliphatic carbocycles. The van der Waals surface area contributed by atoms with Gasteiger partial charge >= 0.3 is 0 Å². The molecule has 0 radical (unpaired) electrons. The van der Waals surface area contributed by atoms with Crippen molar-refractivity contribution in [1.29, 1.82) is 0 Å². The lowest BCUT2D eigenvalue weighted by Gasteiger charge is -2.10. The van der Waals surface area contributed by atoms with E-state index in [-0.39, 0.29) is 17.6 Å². The maximum absolute atomic E-state index is 12.4. The molecule has 1 aromatic heterocycles. The standard InChI is InChI=1S/C19H19N5O3S/c1-20-18(26)15-5-3-4-6-16(15)22-17(25)11-28-19-23-21-12-24(19)13-7-9-14(27-2)10-8-13/h3-10,12H,11H2,1-2H3,(H,20,26)(H,22,25). The summed E-state index contributed by atoms with van der Waals surface area (Å²) in [7, 11) is 3.15. The Kier molecular flexibility index (Phi) is 6.28. The first-order valence-electron chi connectivity index (χ1n) is 8.40. The second kappa shape index (κ2) is 9.05. The molecule has 2 N–H and O–H groups in total. The summed E-state index contributed by atoms with van der Waals surface area (Å²) in [5, 5.41) is 13.9. The van der Waals surface area contributed by atoms with Gasteiger partial charge < -0.3 is 15.4 Å². The number of thioether (sulfide) groups is 1. The molecule has 0 aliphatic rings. The molecule has 0 bridgehead atoms. The lowest BCUT2D eigenvalue weighted by atomic mass is 10.1. The number of ether oxygens (including phenoxy) is 1. The second-order valence-corrected chi connectivity index (χ2v) is 6.59. The Labute approximate surface area is 166 Å². The fourth-order valence-corrected chi connectivity index (χ4v) is 3.21. The molecule has 0 aliphatic heterocycles. The number of anilines is 1. The Balaban J connectivity index is 1.66. The van der Waals surface area contributed by atoms with Crippen molar-refractivity contribution < 1.29 is 14.3 Å². The predicted octanol–water partition coefficient (Wildman–Crippen LogP) is 2.37. The van der Waals surface area contributed by atoms with Gasteiger partial charge in [-0.05, 0) is 36.4 Å². The van der Waals surface area contributed by atoms with Crippen LogP contribution in [0.3, 0.4) is 0 Å². The highest BCUT2D eigenvalue weighted by Gasteiger charge is 2.14. The van der Waals surface area contributed by atoms with Gasteiger partial charge in [0.2, 0.25) is 5.91 Å². The molecule has 8 nitrogen and oxygen atoms in total. The molecule has 0 atom stereocenters. The highest BCUT2D eigenvalue weighted by atomic mass is 32.2. The molecule has 144 valence electrons. The summed E-state index contributed by atoms with van der Waals surface area (Å²) in [6, 6.07) is 14.3. The summed E-state index contributed by atoms with van der Waals surface area (Å²) in [6.07, 6.45) is 1.59. The van der Waals surface area contributed by atoms with E-state index in [2.05, 4.69) is 20.8 Å². The predicted molar refractivity (Wildman–Crippen MR) is 107 cm³/mol. The highest BCUT2D eigenvalue weighted by Crippen LogP contribution is 2.22. The molecule has 0 saturated carbocycles. The fraction of sp³-hybridized carbons (Fsp3) is 0.158. The molecular weight excluding hydrogens is 378 g/mol. The van der Waals surface area contributed by atoms with Crippen molar-refractivity contribution in [3.63, 3.8) is 0 Å². The van der Waals surface area contributed by atoms with Crippen molar-refractivity contribution in [1.82, 2.24) is 20.1 Å². The molecule has 3 aromatic rings. The van der Waals surface area contributed by atoms with Gasteiger partial charge in [-0.15, -0.1) is 10.2 Å². The number of aromatic nitrogens is 3. The maximum atomic E-state index is 12.4. The van der Waals surface area contributed by atoms with E-state index < -0.39 is 0 Å². The SMILES string of the molecule is CNC(=O)c1ccccc1NC(=O)CSc1nncn1-c1ccc(OC)cc1. The van der Waals surface area contributed by atoms with Crippen molar-refractivity contribution >= 4 is 29.3 Å². The van der Waals surface area contributed by atoms with E-state index in [1.54, 1.807) is 49.3 Å². The molecule has 3 rings (SSSR count). The first kappa shape index (κ1) is 19.4. The summed E-state index contributed by atoms with van der Waals surface area (Å²) in [4.78, 5) is 24.3. The van der Waals surface area contributed by atoms with Crippen LogP contribution in [0, 0.1) is 0 Å². The molecule has 2 aromatic carbocycles. The third-order valence-electron chi connectivity index (χ3n) is 3.87. The van der Waals surface area contributed by atoms with E-state index in [1.807, 2.05) is 24.3 Å². The van der Waals surface area contributed by atoms with Gasteiger partial charge in [-0.1, -0.05) is 23.9 Å². The Morgan fingerprint density at radius 1 is 1.14 bits per heavy atom. The normalized spacial score (nSPS) is 10.4. The van der Waals surface area contributed by atoms with Crippen LogP contribution < -0.4 is 15.4 Å². The number of hydrogen-bond acceptors (Lipinski definition) is 6. The number of carbonyl (C=O) groups is 2. The number of amides is 2. The average Bonchev–Trinajstić information content (AvgIpc) is 3.21. The van der Waals surface area contributed by atoms with Crippen molar-refractivity contribution in [2.75, 3.05) is 25.2 Å². The zero-order valence-corrected chi connectivity index (χ0v) is 16.2. The van der Waals surface area contributed by atoms with Crippen molar-refractivity contribution in [3.05, 3.63) is 60.4 Å². The number of para-hydroxylation sites is 1. The van der Waals surface area contributed by atoms with Crippen LogP contribution in [0.1, 0.15) is 10.4 Å². The topological polar surface area (TPSA) is 98.1 Å². The Bertz CT molecular complexity index is 972. The average molecular weight is 397 g/mol. The van der Waals surface area contributed by atoms with Crippen LogP contribution in [0.4, 0.5) is 5.69 Å². The quantitative estimate of drug-likeness (QED) is 0.594. The minimum atomic E-state index is -0.261. The first-order valence-corrected chi connectivity index (χ1v) is 9.39. The molecule has 0 spiro atoms. The van der Waals surface area contributed by atoms with E-state index >= 15 is 0 Å². The van der Waals surface area contributed by atoms with Crippen LogP contribution in [0.15, 0.2) is 60.0 Å². The number of benzene rings is 2. The summed E-state index contributed by atoms with van der Waals surface area (Å²) in [6.45, 7) is 0. The zero-order valence-electron chi connectivity index (χ0n) is 15.4. The van der Waals surface area contributed by atoms with Gasteiger partial charge in [-0.2, -0.15) is 0 Å². The molecule has 0 saturated heterocycles. The number of nitrogens with zero attached hydrogens (tertiary/aromatic N) is 3. The van der Waals surface area contributed by atoms with Gasteiger partial charge in [0.15, 0.2) is 5.16 Å². The zero-order chi connectivity index (χ0) is 19.9. The van der Waals surface area contributed by atoms with Crippen LogP contribution in [-0.4, -0.2) is 46.5 Å². The smallest absolute Gasteiger partial charge is 0.253 e. The first-order chi connectivity index (χ1) is 13.6. The van der Waals surface area contributed by atoms with Gasteiger partial charge in [0, 0.05) is 12.7 Å².